The summed E-state index contributed by atoms with van der Waals surface area (Å²) in [7, 11) is 0. The fourth-order valence-corrected chi connectivity index (χ4v) is 5.79. The van der Waals surface area contributed by atoms with Crippen molar-refractivity contribution in [2.24, 2.45) is 11.3 Å². The first-order valence-corrected chi connectivity index (χ1v) is 11.5. The molecule has 0 unspecified atom stereocenters. The Hall–Kier alpha value is -3.05. The minimum absolute atomic E-state index is 0.0493. The number of benzene rings is 2. The standard InChI is InChI=1S/C26H26F3N3O2/c27-26(28,29)22-12-21(7-6-18(22)13-30)32-15-20-14-31(11-10-24(20,16-32)17-33)23(34)25(8-9-25)19-4-2-1-3-5-19/h1-7,12,20,33H,8-11,14-17H2/t20-,24+/m1/s1. The van der Waals surface area contributed by atoms with Crippen molar-refractivity contribution in [3.8, 4) is 6.07 Å². The molecule has 2 aliphatic heterocycles. The summed E-state index contributed by atoms with van der Waals surface area (Å²) in [5.74, 6) is 0.0631. The van der Waals surface area contributed by atoms with Crippen LogP contribution in [0.25, 0.3) is 0 Å². The van der Waals surface area contributed by atoms with Crippen LogP contribution >= 0.6 is 0 Å². The predicted octanol–water partition coefficient (Wildman–Crippen LogP) is 3.96. The molecule has 8 heteroatoms. The molecule has 2 atom stereocenters. The van der Waals surface area contributed by atoms with Crippen molar-refractivity contribution in [1.29, 1.82) is 5.26 Å². The van der Waals surface area contributed by atoms with Crippen molar-refractivity contribution in [3.05, 3.63) is 65.2 Å². The number of halogens is 3. The summed E-state index contributed by atoms with van der Waals surface area (Å²) < 4.78 is 40.5. The molecule has 2 aromatic carbocycles. The maximum Gasteiger partial charge on any atom is 0.417 e. The number of anilines is 1. The highest BCUT2D eigenvalue weighted by Crippen LogP contribution is 2.51. The molecule has 1 N–H and O–H groups in total. The second kappa shape index (κ2) is 8.02. The smallest absolute Gasteiger partial charge is 0.396 e. The van der Waals surface area contributed by atoms with Gasteiger partial charge in [0.15, 0.2) is 0 Å². The molecule has 1 saturated carbocycles. The number of hydrogen-bond donors (Lipinski definition) is 1. The number of aliphatic hydroxyl groups excluding tert-OH is 1. The van der Waals surface area contributed by atoms with Gasteiger partial charge < -0.3 is 14.9 Å². The van der Waals surface area contributed by atoms with Gasteiger partial charge in [-0.15, -0.1) is 0 Å². The van der Waals surface area contributed by atoms with Gasteiger partial charge in [-0.05, 0) is 43.0 Å². The molecule has 3 aliphatic rings. The number of nitrogens with zero attached hydrogens (tertiary/aromatic N) is 3. The largest absolute Gasteiger partial charge is 0.417 e. The van der Waals surface area contributed by atoms with Crippen LogP contribution in [0.3, 0.4) is 0 Å². The number of amides is 1. The Bertz CT molecular complexity index is 1140. The number of hydrogen-bond acceptors (Lipinski definition) is 4. The van der Waals surface area contributed by atoms with E-state index in [9.17, 15) is 23.1 Å². The van der Waals surface area contributed by atoms with Crippen LogP contribution in [0.1, 0.15) is 36.0 Å². The van der Waals surface area contributed by atoms with Crippen molar-refractivity contribution in [3.63, 3.8) is 0 Å². The minimum Gasteiger partial charge on any atom is -0.396 e. The monoisotopic (exact) mass is 469 g/mol. The fourth-order valence-electron chi connectivity index (χ4n) is 5.79. The summed E-state index contributed by atoms with van der Waals surface area (Å²) in [6.45, 7) is 1.80. The number of nitriles is 1. The predicted molar refractivity (Wildman–Crippen MR) is 120 cm³/mol. The zero-order valence-corrected chi connectivity index (χ0v) is 18.7. The van der Waals surface area contributed by atoms with E-state index in [-0.39, 0.29) is 18.4 Å². The van der Waals surface area contributed by atoms with Gasteiger partial charge in [0.2, 0.25) is 5.91 Å². The Balaban J connectivity index is 1.37. The third kappa shape index (κ3) is 3.63. The molecule has 0 radical (unpaired) electrons. The van der Waals surface area contributed by atoms with Crippen LogP contribution in [0.2, 0.25) is 0 Å². The first-order chi connectivity index (χ1) is 16.2. The third-order valence-electron chi connectivity index (χ3n) is 8.01. The van der Waals surface area contributed by atoms with E-state index < -0.39 is 28.1 Å². The SMILES string of the molecule is N#Cc1ccc(N2C[C@H]3CN(C(=O)C4(c5ccccc5)CC4)CC[C@@]3(CO)C2)cc1C(F)(F)F. The van der Waals surface area contributed by atoms with Gasteiger partial charge in [-0.3, -0.25) is 4.79 Å². The lowest BCUT2D eigenvalue weighted by molar-refractivity contribution is -0.138. The molecule has 0 bridgehead atoms. The molecular weight excluding hydrogens is 443 g/mol. The Morgan fingerprint density at radius 2 is 1.85 bits per heavy atom. The van der Waals surface area contributed by atoms with Gasteiger partial charge in [0.1, 0.15) is 0 Å². The van der Waals surface area contributed by atoms with Gasteiger partial charge in [-0.1, -0.05) is 30.3 Å². The van der Waals surface area contributed by atoms with Crippen LogP contribution in [0.4, 0.5) is 18.9 Å². The van der Waals surface area contributed by atoms with E-state index in [4.69, 9.17) is 5.26 Å². The van der Waals surface area contributed by atoms with Crippen molar-refractivity contribution >= 4 is 11.6 Å². The second-order valence-electron chi connectivity index (χ2n) is 9.89. The summed E-state index contributed by atoms with van der Waals surface area (Å²) in [6.07, 6.45) is -2.38. The lowest BCUT2D eigenvalue weighted by atomic mass is 9.73. The maximum atomic E-state index is 13.5. The number of aliphatic hydroxyl groups is 1. The highest BCUT2D eigenvalue weighted by Gasteiger charge is 2.56. The van der Waals surface area contributed by atoms with E-state index in [1.165, 1.54) is 12.1 Å². The van der Waals surface area contributed by atoms with Crippen molar-refractivity contribution < 1.29 is 23.1 Å². The van der Waals surface area contributed by atoms with Gasteiger partial charge in [0.05, 0.1) is 29.2 Å². The van der Waals surface area contributed by atoms with Crippen molar-refractivity contribution in [2.75, 3.05) is 37.7 Å². The summed E-state index contributed by atoms with van der Waals surface area (Å²) in [6, 6.07) is 15.2. The lowest BCUT2D eigenvalue weighted by Gasteiger charge is -2.43. The minimum atomic E-state index is -4.62. The molecule has 1 aliphatic carbocycles. The Labute approximate surface area is 196 Å². The van der Waals surface area contributed by atoms with E-state index in [0.717, 1.165) is 24.5 Å². The first-order valence-electron chi connectivity index (χ1n) is 11.5. The number of alkyl halides is 3. The van der Waals surface area contributed by atoms with Gasteiger partial charge >= 0.3 is 6.18 Å². The topological polar surface area (TPSA) is 67.6 Å². The zero-order chi connectivity index (χ0) is 24.1. The van der Waals surface area contributed by atoms with Crippen LogP contribution < -0.4 is 4.90 Å². The molecule has 5 rings (SSSR count). The number of carbonyl (C=O) groups excluding carboxylic acids is 1. The number of carbonyl (C=O) groups is 1. The van der Waals surface area contributed by atoms with Crippen molar-refractivity contribution in [2.45, 2.75) is 30.9 Å². The summed E-state index contributed by atoms with van der Waals surface area (Å²) in [4.78, 5) is 17.3. The molecule has 2 saturated heterocycles. The van der Waals surface area contributed by atoms with Crippen LogP contribution in [-0.2, 0) is 16.4 Å². The second-order valence-corrected chi connectivity index (χ2v) is 9.89. The lowest BCUT2D eigenvalue weighted by Crippen LogP contribution is -2.52. The van der Waals surface area contributed by atoms with Gasteiger partial charge in [0, 0.05) is 43.2 Å². The zero-order valence-electron chi connectivity index (χ0n) is 18.7. The average molecular weight is 470 g/mol. The first kappa shape index (κ1) is 22.7. The molecule has 2 heterocycles. The molecular formula is C26H26F3N3O2. The molecule has 5 nitrogen and oxygen atoms in total. The molecule has 178 valence electrons. The fraction of sp³-hybridized carbons (Fsp3) is 0.462. The Morgan fingerprint density at radius 1 is 1.12 bits per heavy atom. The summed E-state index contributed by atoms with van der Waals surface area (Å²) >= 11 is 0. The van der Waals surface area contributed by atoms with Gasteiger partial charge in [-0.25, -0.2) is 0 Å². The normalized spacial score (nSPS) is 25.6. The third-order valence-corrected chi connectivity index (χ3v) is 8.01. The average Bonchev–Trinajstić information content (AvgIpc) is 3.57. The van der Waals surface area contributed by atoms with Crippen LogP contribution in [0.15, 0.2) is 48.5 Å². The highest BCUT2D eigenvalue weighted by atomic mass is 19.4. The number of piperidine rings is 1. The summed E-state index contributed by atoms with van der Waals surface area (Å²) in [5.41, 5.74) is -0.869. The quantitative estimate of drug-likeness (QED) is 0.736. The molecule has 34 heavy (non-hydrogen) atoms. The van der Waals surface area contributed by atoms with E-state index >= 15 is 0 Å². The van der Waals surface area contributed by atoms with E-state index in [1.807, 2.05) is 40.1 Å². The molecule has 1 amide bonds. The Kier molecular flexibility index (Phi) is 5.36. The van der Waals surface area contributed by atoms with Crippen LogP contribution in [0, 0.1) is 22.7 Å². The number of rotatable bonds is 4. The number of fused-ring (bicyclic) bond motifs is 1. The maximum absolute atomic E-state index is 13.5. The van der Waals surface area contributed by atoms with Crippen molar-refractivity contribution in [1.82, 2.24) is 4.90 Å². The van der Waals surface area contributed by atoms with E-state index in [0.29, 0.717) is 38.3 Å². The number of likely N-dealkylation sites (tertiary alicyclic amines) is 1. The van der Waals surface area contributed by atoms with Gasteiger partial charge in [-0.2, -0.15) is 18.4 Å². The van der Waals surface area contributed by atoms with Gasteiger partial charge in [0.25, 0.3) is 0 Å². The van der Waals surface area contributed by atoms with Crippen LogP contribution in [-0.4, -0.2) is 48.7 Å². The van der Waals surface area contributed by atoms with E-state index in [2.05, 4.69) is 0 Å². The molecule has 2 aromatic rings. The molecule has 3 fully saturated rings. The molecule has 0 aromatic heterocycles. The van der Waals surface area contributed by atoms with E-state index in [1.54, 1.807) is 6.07 Å². The Morgan fingerprint density at radius 3 is 2.47 bits per heavy atom. The van der Waals surface area contributed by atoms with Crippen LogP contribution in [0.5, 0.6) is 0 Å². The summed E-state index contributed by atoms with van der Waals surface area (Å²) in [5, 5.41) is 19.4. The molecule has 0 spiro atoms. The highest BCUT2D eigenvalue weighted by molar-refractivity contribution is 5.91.